The molecule has 1 saturated carbocycles. The maximum Gasteiger partial charge on any atom is 0.394 e. The Bertz CT molecular complexity index is 1940. The molecule has 10 N–H and O–H groups in total. The number of amides is 5. The lowest BCUT2D eigenvalue weighted by Crippen LogP contribution is -2.65. The van der Waals surface area contributed by atoms with Gasteiger partial charge in [-0.05, 0) is 47.6 Å². The highest BCUT2D eigenvalue weighted by Crippen LogP contribution is 2.29. The first-order valence-corrected chi connectivity index (χ1v) is 17.6. The SMILES string of the molecule is NC(=O)C[C@H](NC(=O)C1(NC(=O)[C@H](Cc2ccc(C(O)(C(=O)O)C(=O)O)cc2)NC(=O)C(=O)O)CCCCC1)C(=O)NCCCc1cccc2ccccc12. The summed E-state index contributed by atoms with van der Waals surface area (Å²) in [7, 11) is 0. The van der Waals surface area contributed by atoms with Crippen LogP contribution in [0.15, 0.2) is 66.7 Å². The fraction of sp³-hybridized carbons (Fsp3) is 0.368. The smallest absolute Gasteiger partial charge is 0.394 e. The summed E-state index contributed by atoms with van der Waals surface area (Å²) in [5.74, 6) is -10.9. The van der Waals surface area contributed by atoms with E-state index in [1.165, 1.54) is 12.1 Å². The average molecular weight is 762 g/mol. The van der Waals surface area contributed by atoms with E-state index in [-0.39, 0.29) is 24.9 Å². The Hall–Kier alpha value is -6.36. The summed E-state index contributed by atoms with van der Waals surface area (Å²) in [4.78, 5) is 99.8. The summed E-state index contributed by atoms with van der Waals surface area (Å²) < 4.78 is 0. The van der Waals surface area contributed by atoms with Gasteiger partial charge in [-0.15, -0.1) is 0 Å². The molecule has 5 amide bonds. The highest BCUT2D eigenvalue weighted by atomic mass is 16.4. The second-order valence-electron chi connectivity index (χ2n) is 13.4. The number of carbonyl (C=O) groups excluding carboxylic acids is 5. The summed E-state index contributed by atoms with van der Waals surface area (Å²) >= 11 is 0. The normalized spacial score (nSPS) is 14.8. The molecule has 0 aromatic heterocycles. The number of hydrogen-bond acceptors (Lipinski definition) is 9. The van der Waals surface area contributed by atoms with Gasteiger partial charge in [-0.1, -0.05) is 86.0 Å². The van der Waals surface area contributed by atoms with Crippen molar-refractivity contribution in [2.75, 3.05) is 6.54 Å². The highest BCUT2D eigenvalue weighted by Gasteiger charge is 2.47. The number of primary amides is 1. The van der Waals surface area contributed by atoms with Crippen LogP contribution in [0.4, 0.5) is 0 Å². The molecule has 0 spiro atoms. The van der Waals surface area contributed by atoms with Crippen LogP contribution >= 0.6 is 0 Å². The van der Waals surface area contributed by atoms with E-state index in [2.05, 4.69) is 21.3 Å². The van der Waals surface area contributed by atoms with Crippen LogP contribution in [0.2, 0.25) is 0 Å². The van der Waals surface area contributed by atoms with Crippen molar-refractivity contribution in [3.63, 3.8) is 0 Å². The number of carboxylic acids is 3. The van der Waals surface area contributed by atoms with E-state index >= 15 is 0 Å². The predicted molar refractivity (Wildman–Crippen MR) is 194 cm³/mol. The van der Waals surface area contributed by atoms with Crippen molar-refractivity contribution in [1.29, 1.82) is 0 Å². The van der Waals surface area contributed by atoms with Crippen LogP contribution in [-0.2, 0) is 56.8 Å². The molecule has 0 bridgehead atoms. The molecule has 1 aliphatic rings. The minimum atomic E-state index is -3.28. The monoisotopic (exact) mass is 761 g/mol. The molecular formula is C38H43N5O12. The zero-order valence-corrected chi connectivity index (χ0v) is 29.7. The Morgan fingerprint density at radius 1 is 0.764 bits per heavy atom. The topological polar surface area (TPSA) is 292 Å². The molecule has 1 aliphatic carbocycles. The van der Waals surface area contributed by atoms with Gasteiger partial charge in [-0.3, -0.25) is 24.0 Å². The van der Waals surface area contributed by atoms with Crippen molar-refractivity contribution in [3.05, 3.63) is 83.4 Å². The van der Waals surface area contributed by atoms with Gasteiger partial charge in [-0.25, -0.2) is 14.4 Å². The van der Waals surface area contributed by atoms with Crippen LogP contribution in [0.25, 0.3) is 10.8 Å². The first-order chi connectivity index (χ1) is 26.1. The number of carboxylic acid groups (broad SMARTS) is 3. The molecular weight excluding hydrogens is 718 g/mol. The molecule has 2 atom stereocenters. The van der Waals surface area contributed by atoms with Crippen molar-refractivity contribution in [2.24, 2.45) is 5.73 Å². The van der Waals surface area contributed by atoms with Crippen LogP contribution in [0.5, 0.6) is 0 Å². The van der Waals surface area contributed by atoms with E-state index in [0.29, 0.717) is 32.1 Å². The molecule has 1 fully saturated rings. The number of nitrogens with one attached hydrogen (secondary N) is 4. The first-order valence-electron chi connectivity index (χ1n) is 17.6. The second-order valence-corrected chi connectivity index (χ2v) is 13.4. The average Bonchev–Trinajstić information content (AvgIpc) is 3.15. The molecule has 0 unspecified atom stereocenters. The number of nitrogens with two attached hydrogens (primary N) is 1. The fourth-order valence-electron chi connectivity index (χ4n) is 6.60. The third kappa shape index (κ3) is 10.2. The van der Waals surface area contributed by atoms with E-state index < -0.39 is 89.1 Å². The number of benzene rings is 3. The molecule has 55 heavy (non-hydrogen) atoms. The number of hydrogen-bond donors (Lipinski definition) is 9. The van der Waals surface area contributed by atoms with Crippen LogP contribution in [0.3, 0.4) is 0 Å². The van der Waals surface area contributed by atoms with Gasteiger partial charge in [0, 0.05) is 18.5 Å². The van der Waals surface area contributed by atoms with Crippen LogP contribution in [-0.4, -0.2) is 92.0 Å². The molecule has 0 saturated heterocycles. The Morgan fingerprint density at radius 3 is 2.02 bits per heavy atom. The number of rotatable bonds is 17. The largest absolute Gasteiger partial charge is 0.478 e. The molecule has 0 radical (unpaired) electrons. The molecule has 17 nitrogen and oxygen atoms in total. The van der Waals surface area contributed by atoms with Gasteiger partial charge >= 0.3 is 23.8 Å². The van der Waals surface area contributed by atoms with Gasteiger partial charge in [0.25, 0.3) is 5.60 Å². The van der Waals surface area contributed by atoms with Crippen LogP contribution in [0, 0.1) is 0 Å². The lowest BCUT2D eigenvalue weighted by atomic mass is 9.80. The fourth-order valence-corrected chi connectivity index (χ4v) is 6.60. The lowest BCUT2D eigenvalue weighted by Gasteiger charge is -2.38. The molecule has 0 aliphatic heterocycles. The quantitative estimate of drug-likeness (QED) is 0.0508. The first kappa shape index (κ1) is 41.4. The third-order valence-corrected chi connectivity index (χ3v) is 9.58. The van der Waals surface area contributed by atoms with Crippen LogP contribution in [0.1, 0.15) is 61.6 Å². The summed E-state index contributed by atoms with van der Waals surface area (Å²) in [5.41, 5.74) is 1.25. The maximum atomic E-state index is 14.0. The van der Waals surface area contributed by atoms with Gasteiger partial charge < -0.3 is 47.4 Å². The summed E-state index contributed by atoms with van der Waals surface area (Å²) in [6, 6.07) is 15.1. The van der Waals surface area contributed by atoms with Gasteiger partial charge in [0.2, 0.25) is 23.6 Å². The van der Waals surface area contributed by atoms with Crippen molar-refractivity contribution in [3.8, 4) is 0 Å². The number of aliphatic carboxylic acids is 3. The summed E-state index contributed by atoms with van der Waals surface area (Å²) in [5, 5.41) is 50.3. The summed E-state index contributed by atoms with van der Waals surface area (Å²) in [6.07, 6.45) is 2.07. The predicted octanol–water partition coefficient (Wildman–Crippen LogP) is 0.237. The molecule has 0 heterocycles. The standard InChI is InChI=1S/C38H43N5O12/c39-29(44)21-28(30(45)40-19-7-11-24-10-6-9-23-8-2-3-12-26(23)24)42-34(50)37(17-4-1-5-18-37)43-31(46)27(41-32(47)33(48)49)20-22-13-15-25(16-14-22)38(55,35(51)52)36(53)54/h2-3,6,8-10,12-16,27-28,55H,1,4-5,7,11,17-21H2,(H2,39,44)(H,40,45)(H,41,47)(H,42,50)(H,43,46)(H,48,49)(H,51,52)(H,53,54)/t27-,28-/m0/s1. The molecule has 292 valence electrons. The van der Waals surface area contributed by atoms with Gasteiger partial charge in [0.1, 0.15) is 17.6 Å². The summed E-state index contributed by atoms with van der Waals surface area (Å²) in [6.45, 7) is 0.215. The van der Waals surface area contributed by atoms with E-state index in [1.807, 2.05) is 42.5 Å². The van der Waals surface area contributed by atoms with Crippen molar-refractivity contribution >= 4 is 58.2 Å². The minimum Gasteiger partial charge on any atom is -0.478 e. The van der Waals surface area contributed by atoms with Gasteiger partial charge in [-0.2, -0.15) is 0 Å². The number of carbonyl (C=O) groups is 8. The third-order valence-electron chi connectivity index (χ3n) is 9.58. The molecule has 17 heteroatoms. The number of aryl methyl sites for hydroxylation is 1. The Morgan fingerprint density at radius 2 is 1.40 bits per heavy atom. The molecule has 3 aromatic carbocycles. The van der Waals surface area contributed by atoms with E-state index in [9.17, 15) is 58.8 Å². The lowest BCUT2D eigenvalue weighted by molar-refractivity contribution is -0.177. The van der Waals surface area contributed by atoms with Gasteiger partial charge in [0.15, 0.2) is 0 Å². The number of aliphatic hydroxyl groups is 1. The molecule has 3 aromatic rings. The van der Waals surface area contributed by atoms with E-state index in [1.54, 1.807) is 0 Å². The van der Waals surface area contributed by atoms with Crippen molar-refractivity contribution in [2.45, 2.75) is 81.0 Å². The molecule has 4 rings (SSSR count). The Labute approximate surface area is 314 Å². The second kappa shape index (κ2) is 18.1. The minimum absolute atomic E-state index is 0.0950. The highest BCUT2D eigenvalue weighted by molar-refractivity contribution is 6.32. The Kier molecular flexibility index (Phi) is 13.6. The van der Waals surface area contributed by atoms with E-state index in [0.717, 1.165) is 28.5 Å². The van der Waals surface area contributed by atoms with Gasteiger partial charge in [0.05, 0.1) is 6.42 Å². The maximum absolute atomic E-state index is 14.0. The number of fused-ring (bicyclic) bond motifs is 1. The Balaban J connectivity index is 1.49. The van der Waals surface area contributed by atoms with Crippen LogP contribution < -0.4 is 27.0 Å². The van der Waals surface area contributed by atoms with Crippen molar-refractivity contribution in [1.82, 2.24) is 21.3 Å². The zero-order valence-electron chi connectivity index (χ0n) is 29.7. The van der Waals surface area contributed by atoms with E-state index in [4.69, 9.17) is 5.73 Å². The van der Waals surface area contributed by atoms with Crippen molar-refractivity contribution < 1.29 is 58.8 Å². The zero-order chi connectivity index (χ0) is 40.3.